The molecule has 0 aliphatic carbocycles. The van der Waals surface area contributed by atoms with Gasteiger partial charge in [0.1, 0.15) is 0 Å². The summed E-state index contributed by atoms with van der Waals surface area (Å²) in [5, 5.41) is 3.72. The van der Waals surface area contributed by atoms with E-state index in [1.807, 2.05) is 11.8 Å². The summed E-state index contributed by atoms with van der Waals surface area (Å²) in [6, 6.07) is 7.29. The molecular formula is C26H41NS. The molecule has 0 heterocycles. The molecule has 2 atom stereocenters. The average molecular weight is 400 g/mol. The monoisotopic (exact) mass is 399 g/mol. The van der Waals surface area contributed by atoms with E-state index >= 15 is 0 Å². The average Bonchev–Trinajstić information content (AvgIpc) is 2.67. The van der Waals surface area contributed by atoms with Crippen LogP contribution in [0, 0.1) is 13.8 Å². The minimum Gasteiger partial charge on any atom is -0.385 e. The van der Waals surface area contributed by atoms with Crippen LogP contribution < -0.4 is 5.32 Å². The highest BCUT2D eigenvalue weighted by Crippen LogP contribution is 2.27. The molecule has 28 heavy (non-hydrogen) atoms. The van der Waals surface area contributed by atoms with Crippen LogP contribution in [0.2, 0.25) is 0 Å². The lowest BCUT2D eigenvalue weighted by Gasteiger charge is -2.27. The molecule has 0 saturated heterocycles. The van der Waals surface area contributed by atoms with E-state index < -0.39 is 0 Å². The first-order valence-corrected chi connectivity index (χ1v) is 11.8. The third kappa shape index (κ3) is 7.54. The molecule has 0 saturated carbocycles. The minimum atomic E-state index is 0.432. The molecule has 156 valence electrons. The van der Waals surface area contributed by atoms with E-state index in [0.29, 0.717) is 12.0 Å². The Morgan fingerprint density at radius 2 is 1.71 bits per heavy atom. The lowest BCUT2D eigenvalue weighted by molar-refractivity contribution is 0.465. The topological polar surface area (TPSA) is 12.0 Å². The van der Waals surface area contributed by atoms with Gasteiger partial charge in [0.15, 0.2) is 0 Å². The van der Waals surface area contributed by atoms with Crippen LogP contribution in [0.4, 0.5) is 0 Å². The van der Waals surface area contributed by atoms with Crippen molar-refractivity contribution in [3.05, 3.63) is 69.8 Å². The zero-order valence-electron chi connectivity index (χ0n) is 19.2. The molecule has 1 aromatic rings. The molecular weight excluding hydrogens is 358 g/mol. The largest absolute Gasteiger partial charge is 0.385 e. The Kier molecular flexibility index (Phi) is 10.7. The van der Waals surface area contributed by atoms with E-state index in [2.05, 4.69) is 84.5 Å². The smallest absolute Gasteiger partial charge is 0.0321 e. The van der Waals surface area contributed by atoms with Crippen molar-refractivity contribution in [2.24, 2.45) is 0 Å². The summed E-state index contributed by atoms with van der Waals surface area (Å²) < 4.78 is 0. The third-order valence-corrected chi connectivity index (χ3v) is 6.93. The second kappa shape index (κ2) is 12.2. The van der Waals surface area contributed by atoms with Crippen molar-refractivity contribution in [3.8, 4) is 0 Å². The van der Waals surface area contributed by atoms with Crippen molar-refractivity contribution in [2.45, 2.75) is 85.6 Å². The van der Waals surface area contributed by atoms with Gasteiger partial charge in [-0.05, 0) is 93.2 Å². The molecule has 0 fully saturated rings. The van der Waals surface area contributed by atoms with Crippen molar-refractivity contribution in [3.63, 3.8) is 0 Å². The SMILES string of the molecule is C=C(CCCC/C(SC)=C(\C)C(=C)C)NC(CC)C(C)c1ccc(C)c(C)c1. The van der Waals surface area contributed by atoms with Crippen LogP contribution in [-0.2, 0) is 0 Å². The van der Waals surface area contributed by atoms with Gasteiger partial charge in [-0.15, -0.1) is 11.8 Å². The number of allylic oxidation sites excluding steroid dienone is 4. The third-order valence-electron chi connectivity index (χ3n) is 5.93. The normalized spacial score (nSPS) is 14.2. The molecule has 2 unspecified atom stereocenters. The van der Waals surface area contributed by atoms with Gasteiger partial charge in [-0.25, -0.2) is 0 Å². The molecule has 0 bridgehead atoms. The van der Waals surface area contributed by atoms with E-state index in [9.17, 15) is 0 Å². The maximum absolute atomic E-state index is 4.31. The molecule has 1 rings (SSSR count). The summed E-state index contributed by atoms with van der Waals surface area (Å²) >= 11 is 1.86. The number of rotatable bonds is 12. The first-order chi connectivity index (χ1) is 13.2. The molecule has 0 amide bonds. The summed E-state index contributed by atoms with van der Waals surface area (Å²) in [5.74, 6) is 0.477. The van der Waals surface area contributed by atoms with Gasteiger partial charge in [-0.2, -0.15) is 0 Å². The Labute approximate surface area is 178 Å². The Bertz CT molecular complexity index is 698. The Morgan fingerprint density at radius 3 is 2.25 bits per heavy atom. The van der Waals surface area contributed by atoms with Crippen molar-refractivity contribution in [2.75, 3.05) is 6.26 Å². The molecule has 0 radical (unpaired) electrons. The van der Waals surface area contributed by atoms with Crippen LogP contribution in [0.3, 0.4) is 0 Å². The van der Waals surface area contributed by atoms with E-state index in [1.54, 1.807) is 0 Å². The molecule has 0 aliphatic rings. The van der Waals surface area contributed by atoms with Crippen molar-refractivity contribution >= 4 is 11.8 Å². The number of nitrogens with one attached hydrogen (secondary N) is 1. The first-order valence-electron chi connectivity index (χ1n) is 10.6. The highest BCUT2D eigenvalue weighted by atomic mass is 32.2. The van der Waals surface area contributed by atoms with Crippen LogP contribution in [0.5, 0.6) is 0 Å². The fraction of sp³-hybridized carbons (Fsp3) is 0.538. The van der Waals surface area contributed by atoms with Crippen molar-refractivity contribution < 1.29 is 0 Å². The van der Waals surface area contributed by atoms with Crippen LogP contribution in [-0.4, -0.2) is 12.3 Å². The predicted octanol–water partition coefficient (Wildman–Crippen LogP) is 8.06. The summed E-state index contributed by atoms with van der Waals surface area (Å²) in [5.41, 5.74) is 7.87. The first kappa shape index (κ1) is 24.6. The minimum absolute atomic E-state index is 0.432. The van der Waals surface area contributed by atoms with Gasteiger partial charge in [-0.3, -0.25) is 0 Å². The number of hydrogen-bond acceptors (Lipinski definition) is 2. The second-order valence-electron chi connectivity index (χ2n) is 8.13. The van der Waals surface area contributed by atoms with Crippen LogP contribution >= 0.6 is 11.8 Å². The number of thioether (sulfide) groups is 1. The maximum Gasteiger partial charge on any atom is 0.0321 e. The highest BCUT2D eigenvalue weighted by molar-refractivity contribution is 8.02. The lowest BCUT2D eigenvalue weighted by atomic mass is 9.89. The summed E-state index contributed by atoms with van der Waals surface area (Å²) in [6.07, 6.45) is 7.83. The molecule has 0 spiro atoms. The van der Waals surface area contributed by atoms with Crippen LogP contribution in [0.25, 0.3) is 0 Å². The highest BCUT2D eigenvalue weighted by Gasteiger charge is 2.18. The van der Waals surface area contributed by atoms with Gasteiger partial charge >= 0.3 is 0 Å². The van der Waals surface area contributed by atoms with E-state index in [-0.39, 0.29) is 0 Å². The van der Waals surface area contributed by atoms with E-state index in [0.717, 1.165) is 19.3 Å². The quantitative estimate of drug-likeness (QED) is 0.282. The van der Waals surface area contributed by atoms with Gasteiger partial charge < -0.3 is 5.32 Å². The van der Waals surface area contributed by atoms with Crippen molar-refractivity contribution in [1.29, 1.82) is 0 Å². The molecule has 0 aromatic heterocycles. The fourth-order valence-corrected chi connectivity index (χ4v) is 4.33. The molecule has 1 aromatic carbocycles. The van der Waals surface area contributed by atoms with Crippen molar-refractivity contribution in [1.82, 2.24) is 5.32 Å². The summed E-state index contributed by atoms with van der Waals surface area (Å²) in [7, 11) is 0. The molecule has 1 N–H and O–H groups in total. The fourth-order valence-electron chi connectivity index (χ4n) is 3.50. The molecule has 0 aliphatic heterocycles. The zero-order chi connectivity index (χ0) is 21.3. The summed E-state index contributed by atoms with van der Waals surface area (Å²) in [4.78, 5) is 1.47. The number of benzene rings is 1. The Hall–Kier alpha value is -1.41. The van der Waals surface area contributed by atoms with Gasteiger partial charge in [0.25, 0.3) is 0 Å². The zero-order valence-corrected chi connectivity index (χ0v) is 20.1. The predicted molar refractivity (Wildman–Crippen MR) is 130 cm³/mol. The standard InChI is InChI=1S/C26H41NS/c1-10-25(23(8)24-16-15-19(4)20(5)17-24)27-21(6)13-11-12-14-26(28-9)22(7)18(2)3/h15-17,23,25,27H,2,6,10-14H2,1,3-5,7-9H3/b26-22-. The number of unbranched alkanes of at least 4 members (excludes halogenated alkanes) is 1. The molecule has 1 nitrogen and oxygen atoms in total. The molecule has 2 heteroatoms. The van der Waals surface area contributed by atoms with E-state index in [1.165, 1.54) is 51.3 Å². The number of aryl methyl sites for hydroxylation is 2. The maximum atomic E-state index is 4.31. The van der Waals surface area contributed by atoms with Crippen LogP contribution in [0.1, 0.15) is 82.4 Å². The lowest BCUT2D eigenvalue weighted by Crippen LogP contribution is -2.32. The van der Waals surface area contributed by atoms with Gasteiger partial charge in [0, 0.05) is 17.7 Å². The van der Waals surface area contributed by atoms with Gasteiger partial charge in [-0.1, -0.05) is 50.8 Å². The van der Waals surface area contributed by atoms with Crippen LogP contribution in [0.15, 0.2) is 53.1 Å². The Balaban J connectivity index is 2.55. The second-order valence-corrected chi connectivity index (χ2v) is 9.04. The number of hydrogen-bond donors (Lipinski definition) is 1. The van der Waals surface area contributed by atoms with E-state index in [4.69, 9.17) is 0 Å². The van der Waals surface area contributed by atoms with Gasteiger partial charge in [0.05, 0.1) is 0 Å². The Morgan fingerprint density at radius 1 is 1.07 bits per heavy atom. The van der Waals surface area contributed by atoms with Gasteiger partial charge in [0.2, 0.25) is 0 Å². The summed E-state index contributed by atoms with van der Waals surface area (Å²) in [6.45, 7) is 21.6.